The summed E-state index contributed by atoms with van der Waals surface area (Å²) in [5.41, 5.74) is 1.31. The standard InChI is InChI=1S/C16H23N3O/c1-19(12-13-7-9-20-10-8-13)16-17-11-15(18-16)14-5-3-2-4-6-14/h2-6,13,15H,7-12H2,1H3,(H,17,18). The van der Waals surface area contributed by atoms with E-state index in [1.807, 2.05) is 0 Å². The van der Waals surface area contributed by atoms with Gasteiger partial charge in [-0.3, -0.25) is 4.99 Å². The topological polar surface area (TPSA) is 36.9 Å². The number of ether oxygens (including phenoxy) is 1. The Balaban J connectivity index is 1.53. The van der Waals surface area contributed by atoms with Crippen molar-refractivity contribution < 1.29 is 4.74 Å². The lowest BCUT2D eigenvalue weighted by molar-refractivity contribution is 0.0610. The summed E-state index contributed by atoms with van der Waals surface area (Å²) in [7, 11) is 2.13. The maximum absolute atomic E-state index is 5.42. The third kappa shape index (κ3) is 3.12. The van der Waals surface area contributed by atoms with Gasteiger partial charge in [0.1, 0.15) is 0 Å². The van der Waals surface area contributed by atoms with Crippen molar-refractivity contribution in [3.8, 4) is 0 Å². The molecule has 2 aliphatic heterocycles. The van der Waals surface area contributed by atoms with Crippen LogP contribution in [0.15, 0.2) is 35.3 Å². The fourth-order valence-electron chi connectivity index (χ4n) is 2.93. The molecule has 0 aromatic heterocycles. The molecule has 2 heterocycles. The van der Waals surface area contributed by atoms with Crippen LogP contribution in [0.3, 0.4) is 0 Å². The van der Waals surface area contributed by atoms with Crippen molar-refractivity contribution in [2.45, 2.75) is 18.9 Å². The summed E-state index contributed by atoms with van der Waals surface area (Å²) in [5.74, 6) is 1.76. The predicted octanol–water partition coefficient (Wildman–Crippen LogP) is 2.05. The number of aliphatic imine (C=N–C) groups is 1. The summed E-state index contributed by atoms with van der Waals surface area (Å²) < 4.78 is 5.42. The number of nitrogens with one attached hydrogen (secondary N) is 1. The number of rotatable bonds is 3. The zero-order valence-corrected chi connectivity index (χ0v) is 12.1. The van der Waals surface area contributed by atoms with Gasteiger partial charge in [-0.25, -0.2) is 0 Å². The highest BCUT2D eigenvalue weighted by atomic mass is 16.5. The van der Waals surface area contributed by atoms with Crippen LogP contribution in [0.4, 0.5) is 0 Å². The molecule has 3 rings (SSSR count). The van der Waals surface area contributed by atoms with Gasteiger partial charge in [0.15, 0.2) is 5.96 Å². The SMILES string of the molecule is CN(CC1CCOCC1)C1=NCC(c2ccccc2)N1. The highest BCUT2D eigenvalue weighted by molar-refractivity contribution is 5.82. The Labute approximate surface area is 120 Å². The van der Waals surface area contributed by atoms with Crippen LogP contribution >= 0.6 is 0 Å². The van der Waals surface area contributed by atoms with Crippen LogP contribution in [-0.4, -0.2) is 44.2 Å². The van der Waals surface area contributed by atoms with E-state index in [1.54, 1.807) is 0 Å². The molecule has 1 atom stereocenters. The smallest absolute Gasteiger partial charge is 0.194 e. The lowest BCUT2D eigenvalue weighted by Gasteiger charge is -2.28. The van der Waals surface area contributed by atoms with Crippen molar-refractivity contribution >= 4 is 5.96 Å². The molecule has 108 valence electrons. The van der Waals surface area contributed by atoms with Crippen molar-refractivity contribution in [3.05, 3.63) is 35.9 Å². The molecule has 0 bridgehead atoms. The lowest BCUT2D eigenvalue weighted by atomic mass is 10.00. The first-order valence-electron chi connectivity index (χ1n) is 7.48. The molecule has 0 spiro atoms. The van der Waals surface area contributed by atoms with Gasteiger partial charge in [0, 0.05) is 26.8 Å². The number of benzene rings is 1. The average molecular weight is 273 g/mol. The third-order valence-electron chi connectivity index (χ3n) is 4.16. The Kier molecular flexibility index (Phi) is 4.21. The zero-order valence-electron chi connectivity index (χ0n) is 12.1. The second-order valence-corrected chi connectivity index (χ2v) is 5.71. The molecule has 1 fully saturated rings. The Morgan fingerprint density at radius 1 is 1.25 bits per heavy atom. The van der Waals surface area contributed by atoms with E-state index in [0.717, 1.165) is 38.2 Å². The lowest BCUT2D eigenvalue weighted by Crippen LogP contribution is -2.40. The number of guanidine groups is 1. The normalized spacial score (nSPS) is 23.2. The van der Waals surface area contributed by atoms with Crippen molar-refractivity contribution in [1.82, 2.24) is 10.2 Å². The van der Waals surface area contributed by atoms with E-state index >= 15 is 0 Å². The highest BCUT2D eigenvalue weighted by Gasteiger charge is 2.23. The molecule has 1 aromatic carbocycles. The maximum atomic E-state index is 5.42. The summed E-state index contributed by atoms with van der Waals surface area (Å²) in [4.78, 5) is 6.92. The average Bonchev–Trinajstić information content (AvgIpc) is 2.99. The largest absolute Gasteiger partial charge is 0.381 e. The van der Waals surface area contributed by atoms with Gasteiger partial charge in [-0.1, -0.05) is 30.3 Å². The van der Waals surface area contributed by atoms with Gasteiger partial charge in [-0.2, -0.15) is 0 Å². The van der Waals surface area contributed by atoms with Gasteiger partial charge < -0.3 is 15.0 Å². The molecule has 0 radical (unpaired) electrons. The predicted molar refractivity (Wildman–Crippen MR) is 80.8 cm³/mol. The van der Waals surface area contributed by atoms with E-state index in [4.69, 9.17) is 4.74 Å². The molecule has 0 amide bonds. The molecular weight excluding hydrogens is 250 g/mol. The van der Waals surface area contributed by atoms with Crippen molar-refractivity contribution in [1.29, 1.82) is 0 Å². The van der Waals surface area contributed by atoms with Crippen LogP contribution < -0.4 is 5.32 Å². The molecule has 1 aromatic rings. The zero-order chi connectivity index (χ0) is 13.8. The van der Waals surface area contributed by atoms with E-state index in [0.29, 0.717) is 6.04 Å². The van der Waals surface area contributed by atoms with Gasteiger partial charge in [0.05, 0.1) is 12.6 Å². The first kappa shape index (κ1) is 13.4. The Hall–Kier alpha value is -1.55. The third-order valence-corrected chi connectivity index (χ3v) is 4.16. The van der Waals surface area contributed by atoms with Crippen LogP contribution in [0, 0.1) is 5.92 Å². The van der Waals surface area contributed by atoms with E-state index < -0.39 is 0 Å². The number of hydrogen-bond acceptors (Lipinski definition) is 4. The van der Waals surface area contributed by atoms with Crippen molar-refractivity contribution in [2.75, 3.05) is 33.4 Å². The number of hydrogen-bond donors (Lipinski definition) is 1. The first-order valence-corrected chi connectivity index (χ1v) is 7.48. The molecular formula is C16H23N3O. The molecule has 0 saturated carbocycles. The minimum absolute atomic E-state index is 0.323. The molecule has 1 unspecified atom stereocenters. The summed E-state index contributed by atoms with van der Waals surface area (Å²) in [6.45, 7) is 3.71. The first-order chi connectivity index (χ1) is 9.83. The van der Waals surface area contributed by atoms with E-state index in [9.17, 15) is 0 Å². The molecule has 0 aliphatic carbocycles. The molecule has 4 heteroatoms. The Morgan fingerprint density at radius 3 is 2.75 bits per heavy atom. The maximum Gasteiger partial charge on any atom is 0.194 e. The minimum atomic E-state index is 0.323. The fraction of sp³-hybridized carbons (Fsp3) is 0.562. The van der Waals surface area contributed by atoms with E-state index in [1.165, 1.54) is 18.4 Å². The van der Waals surface area contributed by atoms with E-state index in [2.05, 4.69) is 52.6 Å². The van der Waals surface area contributed by atoms with Gasteiger partial charge in [0.25, 0.3) is 0 Å². The fourth-order valence-corrected chi connectivity index (χ4v) is 2.93. The minimum Gasteiger partial charge on any atom is -0.381 e. The summed E-state index contributed by atoms with van der Waals surface area (Å²) in [6.07, 6.45) is 2.33. The quantitative estimate of drug-likeness (QED) is 0.915. The second-order valence-electron chi connectivity index (χ2n) is 5.71. The second kappa shape index (κ2) is 6.27. The van der Waals surface area contributed by atoms with Gasteiger partial charge in [-0.15, -0.1) is 0 Å². The van der Waals surface area contributed by atoms with Crippen LogP contribution in [-0.2, 0) is 4.74 Å². The molecule has 2 aliphatic rings. The summed E-state index contributed by atoms with van der Waals surface area (Å²) >= 11 is 0. The summed E-state index contributed by atoms with van der Waals surface area (Å²) in [5, 5.41) is 3.54. The monoisotopic (exact) mass is 273 g/mol. The number of nitrogens with zero attached hydrogens (tertiary/aromatic N) is 2. The Bertz CT molecular complexity index is 454. The molecule has 1 saturated heterocycles. The van der Waals surface area contributed by atoms with E-state index in [-0.39, 0.29) is 0 Å². The molecule has 20 heavy (non-hydrogen) atoms. The van der Waals surface area contributed by atoms with Crippen molar-refractivity contribution in [2.24, 2.45) is 10.9 Å². The van der Waals surface area contributed by atoms with Crippen molar-refractivity contribution in [3.63, 3.8) is 0 Å². The molecule has 1 N–H and O–H groups in total. The van der Waals surface area contributed by atoms with Gasteiger partial charge >= 0.3 is 0 Å². The van der Waals surface area contributed by atoms with Crippen LogP contribution in [0.5, 0.6) is 0 Å². The summed E-state index contributed by atoms with van der Waals surface area (Å²) in [6, 6.07) is 10.9. The molecule has 4 nitrogen and oxygen atoms in total. The van der Waals surface area contributed by atoms with Crippen LogP contribution in [0.25, 0.3) is 0 Å². The van der Waals surface area contributed by atoms with Gasteiger partial charge in [-0.05, 0) is 24.3 Å². The Morgan fingerprint density at radius 2 is 2.00 bits per heavy atom. The van der Waals surface area contributed by atoms with Crippen LogP contribution in [0.2, 0.25) is 0 Å². The highest BCUT2D eigenvalue weighted by Crippen LogP contribution is 2.19. The van der Waals surface area contributed by atoms with Gasteiger partial charge in [0.2, 0.25) is 0 Å². The van der Waals surface area contributed by atoms with Crippen LogP contribution in [0.1, 0.15) is 24.4 Å².